The highest BCUT2D eigenvalue weighted by atomic mass is 35.5. The molecule has 0 radical (unpaired) electrons. The van der Waals surface area contributed by atoms with Gasteiger partial charge in [-0.1, -0.05) is 53.6 Å². The second-order valence-electron chi connectivity index (χ2n) is 8.52. The van der Waals surface area contributed by atoms with E-state index >= 15 is 0 Å². The number of carbonyl (C=O) groups excluding carboxylic acids is 1. The fraction of sp³-hybridized carbons (Fsp3) is 0.269. The lowest BCUT2D eigenvalue weighted by atomic mass is 10.0. The minimum atomic E-state index is -1.10. The van der Waals surface area contributed by atoms with Crippen LogP contribution >= 0.6 is 11.6 Å². The van der Waals surface area contributed by atoms with Crippen molar-refractivity contribution in [2.24, 2.45) is 0 Å². The molecule has 4 N–H and O–H groups in total. The van der Waals surface area contributed by atoms with Crippen molar-refractivity contribution in [1.82, 2.24) is 9.88 Å². The van der Waals surface area contributed by atoms with E-state index in [4.69, 9.17) is 11.6 Å². The summed E-state index contributed by atoms with van der Waals surface area (Å²) in [6.45, 7) is 7.27. The number of aryl methyl sites for hydroxylation is 2. The minimum Gasteiger partial charge on any atom is -0.505 e. The zero-order chi connectivity index (χ0) is 25.9. The number of nitrogens with one attached hydrogen (secondary N) is 2. The van der Waals surface area contributed by atoms with Crippen LogP contribution in [0.2, 0.25) is 5.02 Å². The van der Waals surface area contributed by atoms with Gasteiger partial charge in [0.05, 0.1) is 19.0 Å². The maximum atomic E-state index is 13.3. The van der Waals surface area contributed by atoms with E-state index < -0.39 is 23.6 Å². The van der Waals surface area contributed by atoms with Gasteiger partial charge in [0.25, 0.3) is 5.56 Å². The Balaban J connectivity index is 1.94. The number of hydrogen-bond donors (Lipinski definition) is 4. The van der Waals surface area contributed by atoms with Crippen molar-refractivity contribution in [1.29, 1.82) is 0 Å². The van der Waals surface area contributed by atoms with Crippen LogP contribution in [-0.4, -0.2) is 26.8 Å². The molecule has 8 nitrogen and oxygen atoms in total. The average Bonchev–Trinajstić information content (AvgIpc) is 2.79. The SMILES string of the molecule is Cc1ccc([C@H](CC(=O)O)NC(=O)Nc2c(O)c(C)c(C)n(Cc3c(C)cccc3Cl)c2=O)cc1. The summed E-state index contributed by atoms with van der Waals surface area (Å²) >= 11 is 6.35. The van der Waals surface area contributed by atoms with E-state index in [9.17, 15) is 24.6 Å². The summed E-state index contributed by atoms with van der Waals surface area (Å²) < 4.78 is 1.44. The highest BCUT2D eigenvalue weighted by Gasteiger charge is 2.23. The first-order chi connectivity index (χ1) is 16.5. The standard InChI is InChI=1S/C26H28ClN3O5/c1-14-8-10-18(11-9-14)21(12-22(31)32)28-26(35)29-23-24(33)16(3)17(4)30(25(23)34)13-19-15(2)6-5-7-20(19)27/h5-11,21,33H,12-13H2,1-4H3,(H,31,32)(H2,28,29,35)/t21-/m0/s1. The number of pyridine rings is 1. The van der Waals surface area contributed by atoms with Crippen LogP contribution in [0.1, 0.15) is 46.0 Å². The number of rotatable bonds is 7. The van der Waals surface area contributed by atoms with Gasteiger partial charge in [0.2, 0.25) is 0 Å². The summed E-state index contributed by atoms with van der Waals surface area (Å²) in [5, 5.41) is 25.5. The van der Waals surface area contributed by atoms with Crippen LogP contribution in [0.3, 0.4) is 0 Å². The van der Waals surface area contributed by atoms with Crippen LogP contribution in [0.4, 0.5) is 10.5 Å². The maximum Gasteiger partial charge on any atom is 0.319 e. The fourth-order valence-electron chi connectivity index (χ4n) is 3.81. The Morgan fingerprint density at radius 3 is 2.31 bits per heavy atom. The Bertz CT molecular complexity index is 1310. The third-order valence-electron chi connectivity index (χ3n) is 6.07. The largest absolute Gasteiger partial charge is 0.505 e. The number of benzene rings is 2. The molecule has 0 saturated heterocycles. The van der Waals surface area contributed by atoms with Crippen molar-refractivity contribution >= 4 is 29.3 Å². The second kappa shape index (κ2) is 10.7. The van der Waals surface area contributed by atoms with Crippen molar-refractivity contribution in [2.45, 2.75) is 46.7 Å². The van der Waals surface area contributed by atoms with Crippen LogP contribution in [0.5, 0.6) is 5.75 Å². The Kier molecular flexibility index (Phi) is 7.86. The lowest BCUT2D eigenvalue weighted by Crippen LogP contribution is -2.36. The molecule has 2 aromatic carbocycles. The number of carbonyl (C=O) groups is 2. The Morgan fingerprint density at radius 2 is 1.71 bits per heavy atom. The number of hydrogen-bond acceptors (Lipinski definition) is 4. The lowest BCUT2D eigenvalue weighted by Gasteiger charge is -2.21. The molecule has 9 heteroatoms. The van der Waals surface area contributed by atoms with Crippen molar-refractivity contribution in [2.75, 3.05) is 5.32 Å². The number of nitrogens with zero attached hydrogens (tertiary/aromatic N) is 1. The molecule has 3 aromatic rings. The van der Waals surface area contributed by atoms with Gasteiger partial charge in [-0.2, -0.15) is 0 Å². The molecule has 0 aliphatic carbocycles. The molecule has 0 aliphatic rings. The van der Waals surface area contributed by atoms with Gasteiger partial charge in [-0.05, 0) is 50.5 Å². The van der Waals surface area contributed by atoms with Gasteiger partial charge >= 0.3 is 12.0 Å². The average molecular weight is 498 g/mol. The summed E-state index contributed by atoms with van der Waals surface area (Å²) in [6, 6.07) is 10.9. The number of carboxylic acids is 1. The third-order valence-corrected chi connectivity index (χ3v) is 6.42. The number of aliphatic carboxylic acids is 1. The summed E-state index contributed by atoms with van der Waals surface area (Å²) in [5.41, 5.74) is 3.28. The molecule has 0 spiro atoms. The number of urea groups is 1. The van der Waals surface area contributed by atoms with Crippen molar-refractivity contribution < 1.29 is 19.8 Å². The molecule has 1 aromatic heterocycles. The molecular formula is C26H28ClN3O5. The van der Waals surface area contributed by atoms with Crippen LogP contribution in [0.15, 0.2) is 47.3 Å². The predicted molar refractivity (Wildman–Crippen MR) is 135 cm³/mol. The Labute approximate surface area is 208 Å². The lowest BCUT2D eigenvalue weighted by molar-refractivity contribution is -0.137. The third kappa shape index (κ3) is 5.84. The van der Waals surface area contributed by atoms with E-state index in [1.165, 1.54) is 4.57 Å². The first kappa shape index (κ1) is 25.8. The minimum absolute atomic E-state index is 0.151. The van der Waals surface area contributed by atoms with E-state index in [0.717, 1.165) is 16.7 Å². The monoisotopic (exact) mass is 497 g/mol. The molecule has 0 unspecified atom stereocenters. The van der Waals surface area contributed by atoms with Crippen LogP contribution < -0.4 is 16.2 Å². The Morgan fingerprint density at radius 1 is 1.06 bits per heavy atom. The van der Waals surface area contributed by atoms with Crippen molar-refractivity contribution in [3.05, 3.63) is 91.4 Å². The summed E-state index contributed by atoms with van der Waals surface area (Å²) in [6.07, 6.45) is -0.356. The molecule has 2 amide bonds. The van der Waals surface area contributed by atoms with Gasteiger partial charge in [0.1, 0.15) is 5.75 Å². The van der Waals surface area contributed by atoms with Gasteiger partial charge in [-0.15, -0.1) is 0 Å². The van der Waals surface area contributed by atoms with E-state index in [1.54, 1.807) is 32.0 Å². The number of halogens is 1. The summed E-state index contributed by atoms with van der Waals surface area (Å²) in [4.78, 5) is 37.5. The second-order valence-corrected chi connectivity index (χ2v) is 8.93. The molecule has 184 valence electrons. The molecule has 3 rings (SSSR count). The molecule has 0 saturated carbocycles. The van der Waals surface area contributed by atoms with Gasteiger partial charge in [-0.3, -0.25) is 9.59 Å². The van der Waals surface area contributed by atoms with Crippen LogP contribution in [0.25, 0.3) is 0 Å². The van der Waals surface area contributed by atoms with Crippen LogP contribution in [-0.2, 0) is 11.3 Å². The number of amides is 2. The molecule has 0 fully saturated rings. The number of aromatic hydroxyl groups is 1. The quantitative estimate of drug-likeness (QED) is 0.372. The van der Waals surface area contributed by atoms with E-state index in [0.29, 0.717) is 21.8 Å². The van der Waals surface area contributed by atoms with Gasteiger partial charge in [0, 0.05) is 16.3 Å². The van der Waals surface area contributed by atoms with E-state index in [-0.39, 0.29) is 24.4 Å². The zero-order valence-corrected chi connectivity index (χ0v) is 20.7. The molecule has 0 aliphatic heterocycles. The zero-order valence-electron chi connectivity index (χ0n) is 20.0. The highest BCUT2D eigenvalue weighted by Crippen LogP contribution is 2.28. The molecular weight excluding hydrogens is 470 g/mol. The molecule has 0 bridgehead atoms. The molecule has 1 atom stereocenters. The highest BCUT2D eigenvalue weighted by molar-refractivity contribution is 6.31. The van der Waals surface area contributed by atoms with Crippen molar-refractivity contribution in [3.8, 4) is 5.75 Å². The van der Waals surface area contributed by atoms with E-state index in [2.05, 4.69) is 10.6 Å². The van der Waals surface area contributed by atoms with Crippen molar-refractivity contribution in [3.63, 3.8) is 0 Å². The Hall–Kier alpha value is -3.78. The fourth-order valence-corrected chi connectivity index (χ4v) is 4.09. The first-order valence-corrected chi connectivity index (χ1v) is 11.4. The number of anilines is 1. The molecule has 1 heterocycles. The summed E-state index contributed by atoms with van der Waals surface area (Å²) in [5.74, 6) is -1.44. The normalized spacial score (nSPS) is 11.7. The maximum absolute atomic E-state index is 13.3. The number of aromatic nitrogens is 1. The number of carboxylic acid groups (broad SMARTS) is 1. The van der Waals surface area contributed by atoms with Crippen LogP contribution in [0, 0.1) is 27.7 Å². The van der Waals surface area contributed by atoms with Gasteiger partial charge < -0.3 is 25.4 Å². The smallest absolute Gasteiger partial charge is 0.319 e. The summed E-state index contributed by atoms with van der Waals surface area (Å²) in [7, 11) is 0. The topological polar surface area (TPSA) is 121 Å². The van der Waals surface area contributed by atoms with Gasteiger partial charge in [-0.25, -0.2) is 4.79 Å². The predicted octanol–water partition coefficient (Wildman–Crippen LogP) is 4.83. The van der Waals surface area contributed by atoms with E-state index in [1.807, 2.05) is 38.1 Å². The first-order valence-electron chi connectivity index (χ1n) is 11.0. The van der Waals surface area contributed by atoms with Gasteiger partial charge in [0.15, 0.2) is 5.69 Å². The molecule has 35 heavy (non-hydrogen) atoms.